The van der Waals surface area contributed by atoms with Gasteiger partial charge in [0.1, 0.15) is 5.75 Å². The Balaban J connectivity index is 1.94. The molecule has 0 unspecified atom stereocenters. The largest absolute Gasteiger partial charge is 0.491 e. The summed E-state index contributed by atoms with van der Waals surface area (Å²) in [6.45, 7) is 5.51. The molecule has 0 heterocycles. The number of para-hydroxylation sites is 2. The minimum atomic E-state index is 0.615. The first-order valence-electron chi connectivity index (χ1n) is 6.47. The molecular formula is C14H23NO3. The fourth-order valence-electron chi connectivity index (χ4n) is 1.42. The molecule has 1 aromatic rings. The van der Waals surface area contributed by atoms with Crippen LogP contribution in [0.1, 0.15) is 19.8 Å². The Bertz CT molecular complexity index is 318. The SMILES string of the molecule is CCCOCCOCCCOc1ccccc1N. The van der Waals surface area contributed by atoms with E-state index in [1.807, 2.05) is 24.3 Å². The van der Waals surface area contributed by atoms with Gasteiger partial charge in [0.2, 0.25) is 0 Å². The molecule has 0 saturated carbocycles. The number of nitrogen functional groups attached to an aromatic ring is 1. The zero-order chi connectivity index (χ0) is 13.1. The van der Waals surface area contributed by atoms with E-state index in [1.165, 1.54) is 0 Å². The lowest BCUT2D eigenvalue weighted by Crippen LogP contribution is -2.08. The summed E-state index contributed by atoms with van der Waals surface area (Å²) in [4.78, 5) is 0. The Morgan fingerprint density at radius 1 is 0.944 bits per heavy atom. The summed E-state index contributed by atoms with van der Waals surface area (Å²) in [5.74, 6) is 0.740. The Morgan fingerprint density at radius 3 is 2.39 bits per heavy atom. The fraction of sp³-hybridized carbons (Fsp3) is 0.571. The van der Waals surface area contributed by atoms with Crippen molar-refractivity contribution in [3.63, 3.8) is 0 Å². The zero-order valence-electron chi connectivity index (χ0n) is 11.1. The van der Waals surface area contributed by atoms with Crippen LogP contribution < -0.4 is 10.5 Å². The Labute approximate surface area is 109 Å². The molecule has 0 atom stereocenters. The number of ether oxygens (including phenoxy) is 3. The highest BCUT2D eigenvalue weighted by atomic mass is 16.5. The van der Waals surface area contributed by atoms with E-state index < -0.39 is 0 Å². The summed E-state index contributed by atoms with van der Waals surface area (Å²) in [5.41, 5.74) is 6.43. The quantitative estimate of drug-likeness (QED) is 0.514. The molecule has 0 amide bonds. The molecule has 0 saturated heterocycles. The van der Waals surface area contributed by atoms with Crippen LogP contribution in [0, 0.1) is 0 Å². The maximum Gasteiger partial charge on any atom is 0.142 e. The average molecular weight is 253 g/mol. The Morgan fingerprint density at radius 2 is 1.67 bits per heavy atom. The molecule has 0 aromatic heterocycles. The summed E-state index contributed by atoms with van der Waals surface area (Å²) in [7, 11) is 0. The minimum absolute atomic E-state index is 0.615. The van der Waals surface area contributed by atoms with Crippen molar-refractivity contribution in [2.75, 3.05) is 38.8 Å². The molecule has 2 N–H and O–H groups in total. The fourth-order valence-corrected chi connectivity index (χ4v) is 1.42. The number of anilines is 1. The normalized spacial score (nSPS) is 10.5. The molecule has 0 fully saturated rings. The molecule has 0 aliphatic heterocycles. The van der Waals surface area contributed by atoms with E-state index in [-0.39, 0.29) is 0 Å². The standard InChI is InChI=1S/C14H23NO3/c1-2-8-16-11-12-17-9-5-10-18-14-7-4-3-6-13(14)15/h3-4,6-7H,2,5,8-12,15H2,1H3. The summed E-state index contributed by atoms with van der Waals surface area (Å²) < 4.78 is 16.3. The van der Waals surface area contributed by atoms with Crippen molar-refractivity contribution in [2.24, 2.45) is 0 Å². The zero-order valence-corrected chi connectivity index (χ0v) is 11.1. The van der Waals surface area contributed by atoms with Crippen LogP contribution in [-0.2, 0) is 9.47 Å². The maximum absolute atomic E-state index is 5.76. The van der Waals surface area contributed by atoms with E-state index >= 15 is 0 Å². The molecule has 1 rings (SSSR count). The number of nitrogens with two attached hydrogens (primary N) is 1. The molecule has 1 aromatic carbocycles. The lowest BCUT2D eigenvalue weighted by atomic mass is 10.3. The molecule has 102 valence electrons. The van der Waals surface area contributed by atoms with Crippen LogP contribution in [0.15, 0.2) is 24.3 Å². The van der Waals surface area contributed by atoms with Gasteiger partial charge in [0.25, 0.3) is 0 Å². The van der Waals surface area contributed by atoms with E-state index in [2.05, 4.69) is 6.92 Å². The second kappa shape index (κ2) is 9.74. The number of rotatable bonds is 10. The summed E-state index contributed by atoms with van der Waals surface area (Å²) in [5, 5.41) is 0. The highest BCUT2D eigenvalue weighted by Crippen LogP contribution is 2.19. The minimum Gasteiger partial charge on any atom is -0.491 e. The van der Waals surface area contributed by atoms with Gasteiger partial charge in [-0.3, -0.25) is 0 Å². The van der Waals surface area contributed by atoms with E-state index in [0.717, 1.165) is 25.2 Å². The first-order chi connectivity index (χ1) is 8.84. The van der Waals surface area contributed by atoms with Crippen LogP contribution in [-0.4, -0.2) is 33.0 Å². The van der Waals surface area contributed by atoms with Crippen LogP contribution in [0.2, 0.25) is 0 Å². The van der Waals surface area contributed by atoms with Gasteiger partial charge in [-0.15, -0.1) is 0 Å². The van der Waals surface area contributed by atoms with Gasteiger partial charge in [0.05, 0.1) is 25.5 Å². The van der Waals surface area contributed by atoms with Crippen molar-refractivity contribution in [1.29, 1.82) is 0 Å². The molecule has 4 nitrogen and oxygen atoms in total. The second-order valence-electron chi connectivity index (χ2n) is 3.96. The van der Waals surface area contributed by atoms with Gasteiger partial charge >= 0.3 is 0 Å². The van der Waals surface area contributed by atoms with Crippen molar-refractivity contribution >= 4 is 5.69 Å². The topological polar surface area (TPSA) is 53.7 Å². The summed E-state index contributed by atoms with van der Waals surface area (Å²) >= 11 is 0. The van der Waals surface area contributed by atoms with Crippen molar-refractivity contribution in [3.05, 3.63) is 24.3 Å². The van der Waals surface area contributed by atoms with Gasteiger partial charge in [-0.05, 0) is 18.6 Å². The third-order valence-corrected chi connectivity index (χ3v) is 2.33. The predicted octanol–water partition coefficient (Wildman–Crippen LogP) is 2.48. The van der Waals surface area contributed by atoms with Gasteiger partial charge in [-0.2, -0.15) is 0 Å². The lowest BCUT2D eigenvalue weighted by Gasteiger charge is -2.08. The summed E-state index contributed by atoms with van der Waals surface area (Å²) in [6, 6.07) is 7.50. The average Bonchev–Trinajstić information content (AvgIpc) is 2.39. The van der Waals surface area contributed by atoms with Crippen molar-refractivity contribution in [1.82, 2.24) is 0 Å². The van der Waals surface area contributed by atoms with Gasteiger partial charge in [-0.25, -0.2) is 0 Å². The molecule has 0 bridgehead atoms. The number of benzene rings is 1. The van der Waals surface area contributed by atoms with Crippen LogP contribution in [0.25, 0.3) is 0 Å². The molecule has 0 radical (unpaired) electrons. The van der Waals surface area contributed by atoms with Gasteiger partial charge in [0, 0.05) is 19.6 Å². The molecule has 0 spiro atoms. The number of hydrogen-bond acceptors (Lipinski definition) is 4. The number of hydrogen-bond donors (Lipinski definition) is 1. The van der Waals surface area contributed by atoms with E-state index in [4.69, 9.17) is 19.9 Å². The van der Waals surface area contributed by atoms with Crippen LogP contribution in [0.4, 0.5) is 5.69 Å². The van der Waals surface area contributed by atoms with Crippen LogP contribution in [0.3, 0.4) is 0 Å². The van der Waals surface area contributed by atoms with E-state index in [1.54, 1.807) is 0 Å². The predicted molar refractivity (Wildman–Crippen MR) is 72.9 cm³/mol. The monoisotopic (exact) mass is 253 g/mol. The molecule has 0 aliphatic carbocycles. The highest BCUT2D eigenvalue weighted by Gasteiger charge is 1.97. The van der Waals surface area contributed by atoms with Gasteiger partial charge in [0.15, 0.2) is 0 Å². The van der Waals surface area contributed by atoms with Gasteiger partial charge in [-0.1, -0.05) is 19.1 Å². The van der Waals surface area contributed by atoms with E-state index in [0.29, 0.717) is 32.1 Å². The van der Waals surface area contributed by atoms with Crippen molar-refractivity contribution in [3.8, 4) is 5.75 Å². The Kier molecular flexibility index (Phi) is 8.01. The van der Waals surface area contributed by atoms with Crippen LogP contribution in [0.5, 0.6) is 5.75 Å². The third kappa shape index (κ3) is 6.47. The van der Waals surface area contributed by atoms with E-state index in [9.17, 15) is 0 Å². The second-order valence-corrected chi connectivity index (χ2v) is 3.96. The van der Waals surface area contributed by atoms with Crippen molar-refractivity contribution in [2.45, 2.75) is 19.8 Å². The first-order valence-corrected chi connectivity index (χ1v) is 6.47. The smallest absolute Gasteiger partial charge is 0.142 e. The van der Waals surface area contributed by atoms with Gasteiger partial charge < -0.3 is 19.9 Å². The van der Waals surface area contributed by atoms with Crippen LogP contribution >= 0.6 is 0 Å². The molecule has 18 heavy (non-hydrogen) atoms. The lowest BCUT2D eigenvalue weighted by molar-refractivity contribution is 0.0438. The first kappa shape index (κ1) is 14.8. The molecule has 4 heteroatoms. The highest BCUT2D eigenvalue weighted by molar-refractivity contribution is 5.51. The Hall–Kier alpha value is -1.26. The van der Waals surface area contributed by atoms with Crippen molar-refractivity contribution < 1.29 is 14.2 Å². The third-order valence-electron chi connectivity index (χ3n) is 2.33. The molecular weight excluding hydrogens is 230 g/mol. The maximum atomic E-state index is 5.76. The molecule has 0 aliphatic rings. The summed E-state index contributed by atoms with van der Waals surface area (Å²) in [6.07, 6.45) is 1.90.